The SMILES string of the molecule is CC(C)C(NC1CNC1)c1ccc(F)cc1. The first kappa shape index (κ1) is 11.6. The van der Waals surface area contributed by atoms with E-state index in [4.69, 9.17) is 0 Å². The molecule has 1 fully saturated rings. The van der Waals surface area contributed by atoms with Gasteiger partial charge in [-0.25, -0.2) is 4.39 Å². The van der Waals surface area contributed by atoms with Crippen molar-refractivity contribution in [2.75, 3.05) is 13.1 Å². The summed E-state index contributed by atoms with van der Waals surface area (Å²) in [5.41, 5.74) is 1.17. The summed E-state index contributed by atoms with van der Waals surface area (Å²) in [4.78, 5) is 0. The molecule has 0 aliphatic carbocycles. The molecule has 16 heavy (non-hydrogen) atoms. The second-order valence-electron chi connectivity index (χ2n) is 4.80. The Balaban J connectivity index is 2.08. The fourth-order valence-electron chi connectivity index (χ4n) is 2.00. The highest BCUT2D eigenvalue weighted by Crippen LogP contribution is 2.22. The largest absolute Gasteiger partial charge is 0.314 e. The van der Waals surface area contributed by atoms with Crippen molar-refractivity contribution in [3.05, 3.63) is 35.6 Å². The molecule has 1 saturated heterocycles. The molecule has 3 heteroatoms. The molecule has 2 nitrogen and oxygen atoms in total. The highest BCUT2D eigenvalue weighted by molar-refractivity contribution is 5.20. The summed E-state index contributed by atoms with van der Waals surface area (Å²) < 4.78 is 12.9. The average molecular weight is 222 g/mol. The Morgan fingerprint density at radius 2 is 1.88 bits per heavy atom. The van der Waals surface area contributed by atoms with E-state index in [1.54, 1.807) is 0 Å². The van der Waals surface area contributed by atoms with Crippen molar-refractivity contribution in [1.82, 2.24) is 10.6 Å². The van der Waals surface area contributed by atoms with E-state index in [-0.39, 0.29) is 5.82 Å². The number of halogens is 1. The molecule has 0 spiro atoms. The third-order valence-corrected chi connectivity index (χ3v) is 3.09. The van der Waals surface area contributed by atoms with Crippen LogP contribution in [0.5, 0.6) is 0 Å². The summed E-state index contributed by atoms with van der Waals surface area (Å²) in [6.07, 6.45) is 0. The van der Waals surface area contributed by atoms with Gasteiger partial charge in [0.05, 0.1) is 0 Å². The van der Waals surface area contributed by atoms with E-state index in [0.29, 0.717) is 18.0 Å². The molecule has 1 atom stereocenters. The van der Waals surface area contributed by atoms with Crippen molar-refractivity contribution in [2.24, 2.45) is 5.92 Å². The molecule has 0 radical (unpaired) electrons. The van der Waals surface area contributed by atoms with Crippen molar-refractivity contribution in [1.29, 1.82) is 0 Å². The Morgan fingerprint density at radius 3 is 2.31 bits per heavy atom. The van der Waals surface area contributed by atoms with Crippen LogP contribution in [0.2, 0.25) is 0 Å². The number of benzene rings is 1. The van der Waals surface area contributed by atoms with Gasteiger partial charge in [-0.3, -0.25) is 0 Å². The third-order valence-electron chi connectivity index (χ3n) is 3.09. The molecule has 1 aromatic rings. The zero-order chi connectivity index (χ0) is 11.5. The first-order chi connectivity index (χ1) is 7.66. The van der Waals surface area contributed by atoms with Crippen LogP contribution < -0.4 is 10.6 Å². The Morgan fingerprint density at radius 1 is 1.25 bits per heavy atom. The Bertz CT molecular complexity index is 330. The van der Waals surface area contributed by atoms with Crippen molar-refractivity contribution < 1.29 is 4.39 Å². The normalized spacial score (nSPS) is 18.5. The number of hydrogen-bond acceptors (Lipinski definition) is 2. The van der Waals surface area contributed by atoms with Gasteiger partial charge in [-0.15, -0.1) is 0 Å². The van der Waals surface area contributed by atoms with Crippen LogP contribution in [0.15, 0.2) is 24.3 Å². The van der Waals surface area contributed by atoms with Gasteiger partial charge in [-0.2, -0.15) is 0 Å². The van der Waals surface area contributed by atoms with E-state index in [9.17, 15) is 4.39 Å². The van der Waals surface area contributed by atoms with Crippen molar-refractivity contribution in [3.63, 3.8) is 0 Å². The molecule has 0 bridgehead atoms. The molecular formula is C13H19FN2. The van der Waals surface area contributed by atoms with Crippen LogP contribution in [0, 0.1) is 11.7 Å². The van der Waals surface area contributed by atoms with Crippen LogP contribution in [0.4, 0.5) is 4.39 Å². The molecule has 2 N–H and O–H groups in total. The van der Waals surface area contributed by atoms with Crippen LogP contribution in [0.3, 0.4) is 0 Å². The van der Waals surface area contributed by atoms with E-state index < -0.39 is 0 Å². The predicted molar refractivity (Wildman–Crippen MR) is 63.8 cm³/mol. The fourth-order valence-corrected chi connectivity index (χ4v) is 2.00. The Labute approximate surface area is 96.2 Å². The van der Waals surface area contributed by atoms with E-state index in [1.165, 1.54) is 17.7 Å². The van der Waals surface area contributed by atoms with Gasteiger partial charge in [0.1, 0.15) is 5.82 Å². The summed E-state index contributed by atoms with van der Waals surface area (Å²) in [5.74, 6) is 0.336. The minimum Gasteiger partial charge on any atom is -0.314 e. The maximum absolute atomic E-state index is 12.9. The van der Waals surface area contributed by atoms with Crippen molar-refractivity contribution in [3.8, 4) is 0 Å². The molecule has 1 aliphatic rings. The van der Waals surface area contributed by atoms with Gasteiger partial charge in [-0.1, -0.05) is 26.0 Å². The molecule has 0 saturated carbocycles. The van der Waals surface area contributed by atoms with E-state index in [1.807, 2.05) is 12.1 Å². The summed E-state index contributed by atoms with van der Waals surface area (Å²) in [5, 5.41) is 6.85. The molecular weight excluding hydrogens is 203 g/mol. The van der Waals surface area contributed by atoms with Gasteiger partial charge in [0.2, 0.25) is 0 Å². The standard InChI is InChI=1S/C13H19FN2/c1-9(2)13(16-12-7-15-8-12)10-3-5-11(14)6-4-10/h3-6,9,12-13,15-16H,7-8H2,1-2H3. The minimum atomic E-state index is -0.170. The quantitative estimate of drug-likeness (QED) is 0.815. The van der Waals surface area contributed by atoms with Crippen LogP contribution in [0.25, 0.3) is 0 Å². The van der Waals surface area contributed by atoms with Gasteiger partial charge in [0, 0.05) is 25.2 Å². The number of rotatable bonds is 4. The predicted octanol–water partition coefficient (Wildman–Crippen LogP) is 2.08. The van der Waals surface area contributed by atoms with Gasteiger partial charge in [0.15, 0.2) is 0 Å². The molecule has 1 heterocycles. The van der Waals surface area contributed by atoms with E-state index in [2.05, 4.69) is 24.5 Å². The maximum Gasteiger partial charge on any atom is 0.123 e. The van der Waals surface area contributed by atoms with Gasteiger partial charge >= 0.3 is 0 Å². The molecule has 1 aliphatic heterocycles. The summed E-state index contributed by atoms with van der Waals surface area (Å²) >= 11 is 0. The Hall–Kier alpha value is -0.930. The molecule has 1 unspecified atom stereocenters. The monoisotopic (exact) mass is 222 g/mol. The zero-order valence-electron chi connectivity index (χ0n) is 9.83. The molecule has 88 valence electrons. The van der Waals surface area contributed by atoms with Gasteiger partial charge < -0.3 is 10.6 Å². The minimum absolute atomic E-state index is 0.170. The molecule has 0 aromatic heterocycles. The Kier molecular flexibility index (Phi) is 3.56. The first-order valence-electron chi connectivity index (χ1n) is 5.89. The van der Waals surface area contributed by atoms with Gasteiger partial charge in [-0.05, 0) is 23.6 Å². The second-order valence-corrected chi connectivity index (χ2v) is 4.80. The lowest BCUT2D eigenvalue weighted by atomic mass is 9.94. The number of hydrogen-bond donors (Lipinski definition) is 2. The second kappa shape index (κ2) is 4.93. The summed E-state index contributed by atoms with van der Waals surface area (Å²) in [6.45, 7) is 6.44. The summed E-state index contributed by atoms with van der Waals surface area (Å²) in [7, 11) is 0. The third kappa shape index (κ3) is 2.60. The van der Waals surface area contributed by atoms with Crippen molar-refractivity contribution >= 4 is 0 Å². The molecule has 0 amide bonds. The highest BCUT2D eigenvalue weighted by atomic mass is 19.1. The van der Waals surface area contributed by atoms with Crippen LogP contribution in [-0.2, 0) is 0 Å². The van der Waals surface area contributed by atoms with Crippen LogP contribution >= 0.6 is 0 Å². The smallest absolute Gasteiger partial charge is 0.123 e. The van der Waals surface area contributed by atoms with Crippen LogP contribution in [0.1, 0.15) is 25.5 Å². The van der Waals surface area contributed by atoms with Gasteiger partial charge in [0.25, 0.3) is 0 Å². The highest BCUT2D eigenvalue weighted by Gasteiger charge is 2.23. The maximum atomic E-state index is 12.9. The van der Waals surface area contributed by atoms with E-state index >= 15 is 0 Å². The lowest BCUT2D eigenvalue weighted by molar-refractivity contribution is 0.292. The summed E-state index contributed by atoms with van der Waals surface area (Å²) in [6, 6.07) is 7.68. The van der Waals surface area contributed by atoms with Crippen LogP contribution in [-0.4, -0.2) is 19.1 Å². The molecule has 1 aromatic carbocycles. The molecule has 2 rings (SSSR count). The number of nitrogens with one attached hydrogen (secondary N) is 2. The fraction of sp³-hybridized carbons (Fsp3) is 0.538. The first-order valence-corrected chi connectivity index (χ1v) is 5.89. The van der Waals surface area contributed by atoms with Crippen molar-refractivity contribution in [2.45, 2.75) is 25.9 Å². The topological polar surface area (TPSA) is 24.1 Å². The lowest BCUT2D eigenvalue weighted by Crippen LogP contribution is -2.56. The lowest BCUT2D eigenvalue weighted by Gasteiger charge is -2.34. The van der Waals surface area contributed by atoms with E-state index in [0.717, 1.165) is 13.1 Å². The average Bonchev–Trinajstić information content (AvgIpc) is 2.18. The zero-order valence-corrected chi connectivity index (χ0v) is 9.83.